The summed E-state index contributed by atoms with van der Waals surface area (Å²) in [5.41, 5.74) is 0.505. The number of methoxy groups -OCH3 is 1. The molecule has 4 nitrogen and oxygen atoms in total. The van der Waals surface area contributed by atoms with E-state index in [0.717, 1.165) is 11.3 Å². The van der Waals surface area contributed by atoms with Gasteiger partial charge in [-0.1, -0.05) is 11.3 Å². The second-order valence-electron chi connectivity index (χ2n) is 3.57. The van der Waals surface area contributed by atoms with E-state index >= 15 is 0 Å². The molecule has 0 aliphatic carbocycles. The highest BCUT2D eigenvalue weighted by Gasteiger charge is 2.26. The van der Waals surface area contributed by atoms with Gasteiger partial charge in [-0.05, 0) is 13.3 Å². The van der Waals surface area contributed by atoms with Crippen LogP contribution in [0.2, 0.25) is 0 Å². The van der Waals surface area contributed by atoms with Crippen LogP contribution in [0.15, 0.2) is 0 Å². The first kappa shape index (κ1) is 14.7. The van der Waals surface area contributed by atoms with Gasteiger partial charge in [0.1, 0.15) is 4.88 Å². The Morgan fingerprint density at radius 3 is 2.72 bits per heavy atom. The Morgan fingerprint density at radius 1 is 1.50 bits per heavy atom. The van der Waals surface area contributed by atoms with Gasteiger partial charge in [-0.3, -0.25) is 0 Å². The normalized spacial score (nSPS) is 11.4. The molecule has 1 N–H and O–H groups in total. The summed E-state index contributed by atoms with van der Waals surface area (Å²) in [4.78, 5) is 15.7. The fourth-order valence-electron chi connectivity index (χ4n) is 1.24. The molecule has 0 amide bonds. The summed E-state index contributed by atoms with van der Waals surface area (Å²) in [6.07, 6.45) is -5.01. The van der Waals surface area contributed by atoms with Crippen molar-refractivity contribution in [1.82, 2.24) is 4.98 Å². The Morgan fingerprint density at radius 2 is 2.17 bits per heavy atom. The summed E-state index contributed by atoms with van der Waals surface area (Å²) in [7, 11) is 1.26. The zero-order chi connectivity index (χ0) is 13.8. The van der Waals surface area contributed by atoms with Crippen LogP contribution in [-0.2, 0) is 4.74 Å². The Balaban J connectivity index is 2.47. The minimum Gasteiger partial charge on any atom is -0.465 e. The zero-order valence-corrected chi connectivity index (χ0v) is 10.7. The maximum atomic E-state index is 11.9. The van der Waals surface area contributed by atoms with Gasteiger partial charge in [0.05, 0.1) is 12.8 Å². The first-order chi connectivity index (χ1) is 8.33. The predicted octanol–water partition coefficient (Wildman–Crippen LogP) is 2.99. The van der Waals surface area contributed by atoms with Crippen molar-refractivity contribution in [2.24, 2.45) is 0 Å². The molecule has 0 radical (unpaired) electrons. The van der Waals surface area contributed by atoms with Gasteiger partial charge in [-0.2, -0.15) is 13.2 Å². The molecule has 0 atom stereocenters. The van der Waals surface area contributed by atoms with Gasteiger partial charge in [0.15, 0.2) is 5.13 Å². The number of hydrogen-bond donors (Lipinski definition) is 1. The lowest BCUT2D eigenvalue weighted by molar-refractivity contribution is -0.134. The number of halogens is 3. The maximum absolute atomic E-state index is 11.9. The molecule has 1 aromatic rings. The third-order valence-electron chi connectivity index (χ3n) is 2.08. The van der Waals surface area contributed by atoms with Crippen LogP contribution in [-0.4, -0.2) is 30.8 Å². The Hall–Kier alpha value is -1.31. The van der Waals surface area contributed by atoms with Crippen LogP contribution >= 0.6 is 11.3 Å². The summed E-state index contributed by atoms with van der Waals surface area (Å²) in [6, 6.07) is 0. The molecule has 0 bridgehead atoms. The molecular formula is C10H13F3N2O2S. The number of nitrogens with zero attached hydrogens (tertiary/aromatic N) is 1. The average Bonchev–Trinajstić information content (AvgIpc) is 2.64. The van der Waals surface area contributed by atoms with E-state index in [0.29, 0.717) is 15.7 Å². The van der Waals surface area contributed by atoms with Crippen LogP contribution in [0.1, 0.15) is 28.2 Å². The highest BCUT2D eigenvalue weighted by molar-refractivity contribution is 7.17. The number of aryl methyl sites for hydroxylation is 1. The van der Waals surface area contributed by atoms with E-state index in [1.807, 2.05) is 0 Å². The predicted molar refractivity (Wildman–Crippen MR) is 62.0 cm³/mol. The first-order valence-electron chi connectivity index (χ1n) is 5.20. The minimum absolute atomic E-state index is 0.0321. The van der Waals surface area contributed by atoms with Crippen molar-refractivity contribution in [1.29, 1.82) is 0 Å². The number of carbonyl (C=O) groups excluding carboxylic acids is 1. The van der Waals surface area contributed by atoms with Crippen molar-refractivity contribution in [2.45, 2.75) is 25.9 Å². The molecule has 1 rings (SSSR count). The number of carbonyl (C=O) groups is 1. The molecule has 0 aromatic carbocycles. The van der Waals surface area contributed by atoms with Crippen molar-refractivity contribution < 1.29 is 22.7 Å². The molecule has 0 spiro atoms. The number of anilines is 1. The van der Waals surface area contributed by atoms with E-state index in [-0.39, 0.29) is 13.0 Å². The lowest BCUT2D eigenvalue weighted by Gasteiger charge is -2.05. The quantitative estimate of drug-likeness (QED) is 0.666. The van der Waals surface area contributed by atoms with Crippen LogP contribution in [0.4, 0.5) is 18.3 Å². The van der Waals surface area contributed by atoms with Crippen LogP contribution < -0.4 is 5.32 Å². The van der Waals surface area contributed by atoms with E-state index in [2.05, 4.69) is 15.0 Å². The molecule has 102 valence electrons. The zero-order valence-electron chi connectivity index (χ0n) is 9.93. The van der Waals surface area contributed by atoms with Gasteiger partial charge in [0, 0.05) is 13.0 Å². The van der Waals surface area contributed by atoms with Gasteiger partial charge in [-0.25, -0.2) is 9.78 Å². The van der Waals surface area contributed by atoms with E-state index in [9.17, 15) is 18.0 Å². The molecule has 0 saturated carbocycles. The fourth-order valence-corrected chi connectivity index (χ4v) is 2.15. The van der Waals surface area contributed by atoms with E-state index in [1.165, 1.54) is 7.11 Å². The first-order valence-corrected chi connectivity index (χ1v) is 6.01. The summed E-state index contributed by atoms with van der Waals surface area (Å²) in [6.45, 7) is 1.80. The van der Waals surface area contributed by atoms with Gasteiger partial charge in [0.25, 0.3) is 0 Å². The van der Waals surface area contributed by atoms with Crippen molar-refractivity contribution in [3.8, 4) is 0 Å². The lowest BCUT2D eigenvalue weighted by Crippen LogP contribution is -2.10. The highest BCUT2D eigenvalue weighted by atomic mass is 32.1. The van der Waals surface area contributed by atoms with Gasteiger partial charge >= 0.3 is 12.1 Å². The van der Waals surface area contributed by atoms with E-state index < -0.39 is 18.6 Å². The summed E-state index contributed by atoms with van der Waals surface area (Å²) >= 11 is 1.07. The van der Waals surface area contributed by atoms with Gasteiger partial charge in [-0.15, -0.1) is 0 Å². The Bertz CT molecular complexity index is 418. The number of aromatic nitrogens is 1. The SMILES string of the molecule is COC(=O)c1sc(NCCCC(F)(F)F)nc1C. The largest absolute Gasteiger partial charge is 0.465 e. The number of ether oxygens (including phenoxy) is 1. The Kier molecular flexibility index (Phi) is 4.94. The number of alkyl halides is 3. The minimum atomic E-state index is -4.14. The number of hydrogen-bond acceptors (Lipinski definition) is 5. The van der Waals surface area contributed by atoms with Crippen molar-refractivity contribution >= 4 is 22.4 Å². The molecule has 1 heterocycles. The molecule has 1 aromatic heterocycles. The molecule has 0 unspecified atom stereocenters. The number of nitrogens with one attached hydrogen (secondary N) is 1. The van der Waals surface area contributed by atoms with Gasteiger partial charge < -0.3 is 10.1 Å². The molecule has 18 heavy (non-hydrogen) atoms. The average molecular weight is 282 g/mol. The van der Waals surface area contributed by atoms with Crippen molar-refractivity contribution in [2.75, 3.05) is 19.0 Å². The van der Waals surface area contributed by atoms with Crippen molar-refractivity contribution in [3.63, 3.8) is 0 Å². The highest BCUT2D eigenvalue weighted by Crippen LogP contribution is 2.24. The standard InChI is InChI=1S/C10H13F3N2O2S/c1-6-7(8(16)17-2)18-9(15-6)14-5-3-4-10(11,12)13/h3-5H2,1-2H3,(H,14,15). The van der Waals surface area contributed by atoms with Gasteiger partial charge in [0.2, 0.25) is 0 Å². The molecule has 8 heteroatoms. The number of rotatable bonds is 5. The van der Waals surface area contributed by atoms with Crippen LogP contribution in [0.5, 0.6) is 0 Å². The third kappa shape index (κ3) is 4.52. The third-order valence-corrected chi connectivity index (χ3v) is 3.18. The van der Waals surface area contributed by atoms with Crippen LogP contribution in [0, 0.1) is 6.92 Å². The monoisotopic (exact) mass is 282 g/mol. The molecule has 0 saturated heterocycles. The van der Waals surface area contributed by atoms with Crippen LogP contribution in [0.25, 0.3) is 0 Å². The topological polar surface area (TPSA) is 51.2 Å². The lowest BCUT2D eigenvalue weighted by atomic mass is 10.3. The second kappa shape index (κ2) is 6.03. The summed E-state index contributed by atoms with van der Waals surface area (Å²) < 4.78 is 40.3. The smallest absolute Gasteiger partial charge is 0.389 e. The van der Waals surface area contributed by atoms with Crippen LogP contribution in [0.3, 0.4) is 0 Å². The number of esters is 1. The van der Waals surface area contributed by atoms with Crippen molar-refractivity contribution in [3.05, 3.63) is 10.6 Å². The summed E-state index contributed by atoms with van der Waals surface area (Å²) in [5.74, 6) is -0.492. The Labute approximate surface area is 106 Å². The van der Waals surface area contributed by atoms with E-state index in [4.69, 9.17) is 0 Å². The van der Waals surface area contributed by atoms with E-state index in [1.54, 1.807) is 6.92 Å². The molecule has 0 aliphatic heterocycles. The maximum Gasteiger partial charge on any atom is 0.389 e. The molecule has 0 fully saturated rings. The number of thiazole rings is 1. The fraction of sp³-hybridized carbons (Fsp3) is 0.600. The second-order valence-corrected chi connectivity index (χ2v) is 4.57. The molecule has 0 aliphatic rings. The molecular weight excluding hydrogens is 269 g/mol. The summed E-state index contributed by atoms with van der Waals surface area (Å²) in [5, 5.41) is 3.18.